The molecule has 1 aromatic rings. The molecule has 2 fully saturated rings. The summed E-state index contributed by atoms with van der Waals surface area (Å²) in [5.41, 5.74) is 3.02. The SMILES string of the molecule is CCOc1ccc(NC(=O)C2C3CCC(C3=C(C)C)C2C(=O)O)cc1. The van der Waals surface area contributed by atoms with Gasteiger partial charge in [0.25, 0.3) is 0 Å². The van der Waals surface area contributed by atoms with E-state index >= 15 is 0 Å². The lowest BCUT2D eigenvalue weighted by molar-refractivity contribution is -0.148. The fourth-order valence-corrected chi connectivity index (χ4v) is 4.63. The lowest BCUT2D eigenvalue weighted by Gasteiger charge is -2.26. The van der Waals surface area contributed by atoms with Crippen LogP contribution in [0.3, 0.4) is 0 Å². The summed E-state index contributed by atoms with van der Waals surface area (Å²) >= 11 is 0. The molecular formula is C20H25NO4. The molecule has 134 valence electrons. The van der Waals surface area contributed by atoms with E-state index in [4.69, 9.17) is 4.74 Å². The molecule has 3 rings (SSSR count). The molecule has 5 heteroatoms. The monoisotopic (exact) mass is 343 g/mol. The second-order valence-electron chi connectivity index (χ2n) is 7.08. The van der Waals surface area contributed by atoms with Gasteiger partial charge in [-0.15, -0.1) is 0 Å². The van der Waals surface area contributed by atoms with Crippen molar-refractivity contribution in [2.75, 3.05) is 11.9 Å². The van der Waals surface area contributed by atoms with Gasteiger partial charge in [0, 0.05) is 5.69 Å². The van der Waals surface area contributed by atoms with Gasteiger partial charge in [-0.05, 0) is 69.7 Å². The van der Waals surface area contributed by atoms with Gasteiger partial charge in [-0.3, -0.25) is 9.59 Å². The minimum Gasteiger partial charge on any atom is -0.494 e. The van der Waals surface area contributed by atoms with Crippen LogP contribution in [-0.2, 0) is 9.59 Å². The van der Waals surface area contributed by atoms with Gasteiger partial charge < -0.3 is 15.2 Å². The number of ether oxygens (including phenoxy) is 1. The zero-order valence-corrected chi connectivity index (χ0v) is 14.9. The van der Waals surface area contributed by atoms with Gasteiger partial charge in [-0.25, -0.2) is 0 Å². The van der Waals surface area contributed by atoms with Crippen molar-refractivity contribution in [2.45, 2.75) is 33.6 Å². The van der Waals surface area contributed by atoms with Crippen LogP contribution in [0.2, 0.25) is 0 Å². The summed E-state index contributed by atoms with van der Waals surface area (Å²) in [6.07, 6.45) is 1.77. The molecule has 2 N–H and O–H groups in total. The van der Waals surface area contributed by atoms with Gasteiger partial charge in [0.2, 0.25) is 5.91 Å². The van der Waals surface area contributed by atoms with Crippen LogP contribution in [0, 0.1) is 23.7 Å². The molecule has 0 spiro atoms. The maximum atomic E-state index is 12.9. The average Bonchev–Trinajstić information content (AvgIpc) is 3.13. The van der Waals surface area contributed by atoms with E-state index in [1.165, 1.54) is 5.57 Å². The number of carboxylic acids is 1. The Hall–Kier alpha value is -2.30. The van der Waals surface area contributed by atoms with Gasteiger partial charge in [0.15, 0.2) is 0 Å². The van der Waals surface area contributed by atoms with Crippen LogP contribution in [0.4, 0.5) is 5.69 Å². The molecule has 0 radical (unpaired) electrons. The Labute approximate surface area is 148 Å². The Morgan fingerprint density at radius 2 is 1.72 bits per heavy atom. The number of hydrogen-bond acceptors (Lipinski definition) is 3. The van der Waals surface area contributed by atoms with Crippen molar-refractivity contribution in [1.82, 2.24) is 0 Å². The Morgan fingerprint density at radius 3 is 2.24 bits per heavy atom. The van der Waals surface area contributed by atoms with E-state index in [-0.39, 0.29) is 17.7 Å². The smallest absolute Gasteiger partial charge is 0.307 e. The van der Waals surface area contributed by atoms with Crippen LogP contribution < -0.4 is 10.1 Å². The van der Waals surface area contributed by atoms with E-state index in [1.807, 2.05) is 20.8 Å². The Kier molecular flexibility index (Phi) is 4.84. The molecule has 0 aliphatic heterocycles. The number of allylic oxidation sites excluding steroid dienone is 2. The third-order valence-electron chi connectivity index (χ3n) is 5.44. The van der Waals surface area contributed by atoms with Crippen molar-refractivity contribution in [2.24, 2.45) is 23.7 Å². The summed E-state index contributed by atoms with van der Waals surface area (Å²) in [4.78, 5) is 24.7. The molecule has 25 heavy (non-hydrogen) atoms. The summed E-state index contributed by atoms with van der Waals surface area (Å²) in [5.74, 6) is -1.36. The number of aliphatic carboxylic acids is 1. The van der Waals surface area contributed by atoms with Gasteiger partial charge >= 0.3 is 5.97 Å². The number of anilines is 1. The van der Waals surface area contributed by atoms with Crippen molar-refractivity contribution in [3.8, 4) is 5.75 Å². The zero-order valence-electron chi connectivity index (χ0n) is 14.9. The first-order valence-corrected chi connectivity index (χ1v) is 8.87. The molecule has 4 atom stereocenters. The van der Waals surface area contributed by atoms with Crippen molar-refractivity contribution in [3.63, 3.8) is 0 Å². The quantitative estimate of drug-likeness (QED) is 0.799. The molecule has 0 saturated heterocycles. The lowest BCUT2D eigenvalue weighted by Crippen LogP contribution is -2.37. The van der Waals surface area contributed by atoms with Crippen LogP contribution in [0.5, 0.6) is 5.75 Å². The Bertz CT molecular complexity index is 703. The van der Waals surface area contributed by atoms with Gasteiger partial charge in [-0.1, -0.05) is 11.1 Å². The standard InChI is InChI=1S/C20H25NO4/c1-4-25-13-7-5-12(6-8-13)21-19(22)17-14-9-10-15(16(14)11(2)3)18(17)20(23)24/h5-8,14-15,17-18H,4,9-10H2,1-3H3,(H,21,22)(H,23,24). The topological polar surface area (TPSA) is 75.6 Å². The molecule has 1 amide bonds. The van der Waals surface area contributed by atoms with Gasteiger partial charge in [-0.2, -0.15) is 0 Å². The molecule has 2 bridgehead atoms. The highest BCUT2D eigenvalue weighted by Gasteiger charge is 2.57. The Morgan fingerprint density at radius 1 is 1.12 bits per heavy atom. The average molecular weight is 343 g/mol. The number of rotatable bonds is 5. The molecule has 2 aliphatic rings. The minimum atomic E-state index is -0.863. The number of benzene rings is 1. The predicted octanol–water partition coefficient (Wildman–Crippen LogP) is 3.72. The number of carbonyl (C=O) groups excluding carboxylic acids is 1. The molecular weight excluding hydrogens is 318 g/mol. The van der Waals surface area contributed by atoms with E-state index in [0.717, 1.165) is 24.2 Å². The van der Waals surface area contributed by atoms with Crippen molar-refractivity contribution in [3.05, 3.63) is 35.4 Å². The lowest BCUT2D eigenvalue weighted by atomic mass is 9.78. The van der Waals surface area contributed by atoms with Crippen LogP contribution in [0.1, 0.15) is 33.6 Å². The summed E-state index contributed by atoms with van der Waals surface area (Å²) in [7, 11) is 0. The number of amides is 1. The molecule has 4 unspecified atom stereocenters. The van der Waals surface area contributed by atoms with Crippen molar-refractivity contribution in [1.29, 1.82) is 0 Å². The van der Waals surface area contributed by atoms with Crippen molar-refractivity contribution >= 4 is 17.6 Å². The molecule has 2 aliphatic carbocycles. The first-order valence-electron chi connectivity index (χ1n) is 8.87. The van der Waals surface area contributed by atoms with E-state index in [9.17, 15) is 14.7 Å². The Balaban J connectivity index is 1.81. The number of nitrogens with one attached hydrogen (secondary N) is 1. The fraction of sp³-hybridized carbons (Fsp3) is 0.500. The highest BCUT2D eigenvalue weighted by atomic mass is 16.5. The summed E-state index contributed by atoms with van der Waals surface area (Å²) in [5, 5.41) is 12.6. The number of fused-ring (bicyclic) bond motifs is 2. The largest absolute Gasteiger partial charge is 0.494 e. The normalized spacial score (nSPS) is 27.2. The molecule has 5 nitrogen and oxygen atoms in total. The third-order valence-corrected chi connectivity index (χ3v) is 5.44. The molecule has 0 aromatic heterocycles. The van der Waals surface area contributed by atoms with Crippen LogP contribution in [0.25, 0.3) is 0 Å². The van der Waals surface area contributed by atoms with E-state index < -0.39 is 17.8 Å². The highest BCUT2D eigenvalue weighted by Crippen LogP contribution is 2.57. The number of hydrogen-bond donors (Lipinski definition) is 2. The van der Waals surface area contributed by atoms with Crippen molar-refractivity contribution < 1.29 is 19.4 Å². The fourth-order valence-electron chi connectivity index (χ4n) is 4.63. The molecule has 2 saturated carbocycles. The number of carbonyl (C=O) groups is 2. The summed E-state index contributed by atoms with van der Waals surface area (Å²) < 4.78 is 5.40. The first kappa shape index (κ1) is 17.5. The maximum absolute atomic E-state index is 12.9. The first-order chi connectivity index (χ1) is 11.9. The van der Waals surface area contributed by atoms with Crippen LogP contribution in [0.15, 0.2) is 35.4 Å². The van der Waals surface area contributed by atoms with E-state index in [1.54, 1.807) is 24.3 Å². The van der Waals surface area contributed by atoms with Crippen LogP contribution in [-0.4, -0.2) is 23.6 Å². The zero-order chi connectivity index (χ0) is 18.1. The summed E-state index contributed by atoms with van der Waals surface area (Å²) in [6.45, 7) is 6.54. The van der Waals surface area contributed by atoms with Gasteiger partial charge in [0.1, 0.15) is 5.75 Å². The van der Waals surface area contributed by atoms with Crippen LogP contribution >= 0.6 is 0 Å². The minimum absolute atomic E-state index is 0.00331. The molecule has 1 aromatic carbocycles. The highest BCUT2D eigenvalue weighted by molar-refractivity contribution is 5.96. The predicted molar refractivity (Wildman–Crippen MR) is 95.4 cm³/mol. The number of carboxylic acid groups (broad SMARTS) is 1. The molecule has 0 heterocycles. The maximum Gasteiger partial charge on any atom is 0.307 e. The third kappa shape index (κ3) is 3.15. The van der Waals surface area contributed by atoms with E-state index in [2.05, 4.69) is 5.32 Å². The van der Waals surface area contributed by atoms with Gasteiger partial charge in [0.05, 0.1) is 18.4 Å². The second kappa shape index (κ2) is 6.90. The second-order valence-corrected chi connectivity index (χ2v) is 7.08. The van der Waals surface area contributed by atoms with E-state index in [0.29, 0.717) is 12.3 Å². The summed E-state index contributed by atoms with van der Waals surface area (Å²) in [6, 6.07) is 7.17.